The van der Waals surface area contributed by atoms with Gasteiger partial charge in [0.25, 0.3) is 0 Å². The first-order chi connectivity index (χ1) is 7.33. The highest BCUT2D eigenvalue weighted by Crippen LogP contribution is 2.42. The molecule has 1 aromatic heterocycles. The molecule has 3 heteroatoms. The first-order valence-electron chi connectivity index (χ1n) is 6.06. The van der Waals surface area contributed by atoms with Crippen LogP contribution in [0.2, 0.25) is 0 Å². The maximum absolute atomic E-state index is 4.58. The number of hydrogen-bond acceptors (Lipinski definition) is 3. The molecule has 0 saturated carbocycles. The number of hydrogen-bond donors (Lipinski definition) is 0. The van der Waals surface area contributed by atoms with Gasteiger partial charge in [0.05, 0.1) is 0 Å². The second-order valence-electron chi connectivity index (χ2n) is 6.07. The van der Waals surface area contributed by atoms with Gasteiger partial charge in [0, 0.05) is 22.2 Å². The van der Waals surface area contributed by atoms with Gasteiger partial charge in [0.1, 0.15) is 0 Å². The third-order valence-electron chi connectivity index (χ3n) is 3.59. The summed E-state index contributed by atoms with van der Waals surface area (Å²) in [7, 11) is 0. The van der Waals surface area contributed by atoms with E-state index in [1.165, 1.54) is 29.3 Å². The zero-order valence-corrected chi connectivity index (χ0v) is 11.8. The fraction of sp³-hybridized carbons (Fsp3) is 0.769. The average Bonchev–Trinajstić information content (AvgIpc) is 2.48. The molecule has 0 aromatic carbocycles. The maximum Gasteiger partial charge on any atom is 0.186 e. The molecule has 0 N–H and O–H groups in total. The van der Waals surface area contributed by atoms with Gasteiger partial charge in [-0.25, -0.2) is 4.98 Å². The van der Waals surface area contributed by atoms with Gasteiger partial charge in [0.2, 0.25) is 0 Å². The third-order valence-corrected chi connectivity index (χ3v) is 4.49. The van der Waals surface area contributed by atoms with E-state index in [1.54, 1.807) is 0 Å². The van der Waals surface area contributed by atoms with Crippen molar-refractivity contribution in [2.45, 2.75) is 65.0 Å². The molecule has 1 aliphatic heterocycles. The molecule has 1 fully saturated rings. The normalized spacial score (nSPS) is 23.4. The molecule has 0 radical (unpaired) electrons. The van der Waals surface area contributed by atoms with E-state index in [0.717, 1.165) is 0 Å². The molecule has 0 amide bonds. The third kappa shape index (κ3) is 1.97. The van der Waals surface area contributed by atoms with Crippen molar-refractivity contribution in [1.29, 1.82) is 0 Å². The van der Waals surface area contributed by atoms with Crippen LogP contribution in [0.5, 0.6) is 0 Å². The summed E-state index contributed by atoms with van der Waals surface area (Å²) < 4.78 is 0. The van der Waals surface area contributed by atoms with Crippen LogP contribution in [0, 0.1) is 6.92 Å². The molecular formula is C13H22N2S. The number of aryl methyl sites for hydroxylation is 1. The lowest BCUT2D eigenvalue weighted by Crippen LogP contribution is -2.58. The predicted octanol–water partition coefficient (Wildman–Crippen LogP) is 4.00. The van der Waals surface area contributed by atoms with Crippen molar-refractivity contribution >= 4 is 16.5 Å². The highest BCUT2D eigenvalue weighted by molar-refractivity contribution is 7.15. The molecule has 2 rings (SSSR count). The van der Waals surface area contributed by atoms with Crippen LogP contribution in [-0.4, -0.2) is 16.1 Å². The topological polar surface area (TPSA) is 16.1 Å². The second-order valence-corrected chi connectivity index (χ2v) is 7.28. The molecule has 1 saturated heterocycles. The lowest BCUT2D eigenvalue weighted by atomic mass is 9.80. The monoisotopic (exact) mass is 238 g/mol. The van der Waals surface area contributed by atoms with Crippen molar-refractivity contribution in [3.05, 3.63) is 11.1 Å². The Bertz CT molecular complexity index is 363. The van der Waals surface area contributed by atoms with E-state index in [4.69, 9.17) is 0 Å². The number of thiazole rings is 1. The SMILES string of the molecule is Cc1cnc(N2C(C)(C)CCCC2(C)C)s1. The Morgan fingerprint density at radius 2 is 1.75 bits per heavy atom. The Balaban J connectivity index is 2.41. The van der Waals surface area contributed by atoms with E-state index in [2.05, 4.69) is 44.5 Å². The van der Waals surface area contributed by atoms with Gasteiger partial charge < -0.3 is 4.90 Å². The summed E-state index contributed by atoms with van der Waals surface area (Å²) in [6, 6.07) is 0. The molecule has 1 aromatic rings. The molecule has 0 atom stereocenters. The Morgan fingerprint density at radius 3 is 2.19 bits per heavy atom. The highest BCUT2D eigenvalue weighted by atomic mass is 32.1. The average molecular weight is 238 g/mol. The number of aromatic nitrogens is 1. The fourth-order valence-corrected chi connectivity index (χ4v) is 4.04. The molecule has 0 unspecified atom stereocenters. The summed E-state index contributed by atoms with van der Waals surface area (Å²) in [5.74, 6) is 0. The van der Waals surface area contributed by atoms with Crippen LogP contribution in [0.1, 0.15) is 51.8 Å². The van der Waals surface area contributed by atoms with Crippen LogP contribution in [0.15, 0.2) is 6.20 Å². The molecule has 1 aliphatic rings. The van der Waals surface area contributed by atoms with Crippen molar-refractivity contribution < 1.29 is 0 Å². The van der Waals surface area contributed by atoms with Crippen molar-refractivity contribution in [2.75, 3.05) is 4.90 Å². The molecule has 16 heavy (non-hydrogen) atoms. The van der Waals surface area contributed by atoms with E-state index in [0.29, 0.717) is 0 Å². The van der Waals surface area contributed by atoms with E-state index < -0.39 is 0 Å². The first kappa shape index (κ1) is 11.9. The number of nitrogens with zero attached hydrogens (tertiary/aromatic N) is 2. The van der Waals surface area contributed by atoms with Crippen LogP contribution < -0.4 is 4.90 Å². The molecule has 2 nitrogen and oxygen atoms in total. The van der Waals surface area contributed by atoms with Gasteiger partial charge in [-0.05, 0) is 53.9 Å². The molecule has 0 spiro atoms. The van der Waals surface area contributed by atoms with Crippen LogP contribution in [0.4, 0.5) is 5.13 Å². The summed E-state index contributed by atoms with van der Waals surface area (Å²) in [6.07, 6.45) is 5.83. The standard InChI is InChI=1S/C13H22N2S/c1-10-9-14-11(16-10)15-12(2,3)7-6-8-13(15,4)5/h9H,6-8H2,1-5H3. The van der Waals surface area contributed by atoms with E-state index in [-0.39, 0.29) is 11.1 Å². The Labute approximate surface area is 103 Å². The zero-order chi connectivity index (χ0) is 12.0. The summed E-state index contributed by atoms with van der Waals surface area (Å²) in [5.41, 5.74) is 0.456. The summed E-state index contributed by atoms with van der Waals surface area (Å²) >= 11 is 1.81. The Kier molecular flexibility index (Phi) is 2.77. The molecule has 0 bridgehead atoms. The molecule has 90 valence electrons. The van der Waals surface area contributed by atoms with Crippen molar-refractivity contribution in [3.63, 3.8) is 0 Å². The van der Waals surface area contributed by atoms with Gasteiger partial charge >= 0.3 is 0 Å². The predicted molar refractivity (Wildman–Crippen MR) is 71.3 cm³/mol. The van der Waals surface area contributed by atoms with Gasteiger partial charge in [-0.15, -0.1) is 11.3 Å². The zero-order valence-electron chi connectivity index (χ0n) is 11.0. The van der Waals surface area contributed by atoms with Crippen LogP contribution >= 0.6 is 11.3 Å². The van der Waals surface area contributed by atoms with Gasteiger partial charge in [-0.1, -0.05) is 0 Å². The summed E-state index contributed by atoms with van der Waals surface area (Å²) in [6.45, 7) is 11.5. The largest absolute Gasteiger partial charge is 0.338 e. The number of anilines is 1. The van der Waals surface area contributed by atoms with Crippen molar-refractivity contribution in [3.8, 4) is 0 Å². The Hall–Kier alpha value is -0.570. The minimum absolute atomic E-state index is 0.228. The van der Waals surface area contributed by atoms with Crippen LogP contribution in [-0.2, 0) is 0 Å². The highest BCUT2D eigenvalue weighted by Gasteiger charge is 2.42. The lowest BCUT2D eigenvalue weighted by Gasteiger charge is -2.53. The lowest BCUT2D eigenvalue weighted by molar-refractivity contribution is 0.244. The van der Waals surface area contributed by atoms with Crippen molar-refractivity contribution in [2.24, 2.45) is 0 Å². The van der Waals surface area contributed by atoms with Crippen LogP contribution in [0.3, 0.4) is 0 Å². The minimum Gasteiger partial charge on any atom is -0.338 e. The maximum atomic E-state index is 4.58. The molecular weight excluding hydrogens is 216 g/mol. The fourth-order valence-electron chi connectivity index (χ4n) is 2.96. The van der Waals surface area contributed by atoms with Crippen LogP contribution in [0.25, 0.3) is 0 Å². The smallest absolute Gasteiger partial charge is 0.186 e. The van der Waals surface area contributed by atoms with E-state index in [1.807, 2.05) is 17.5 Å². The Morgan fingerprint density at radius 1 is 1.19 bits per heavy atom. The minimum atomic E-state index is 0.228. The van der Waals surface area contributed by atoms with Gasteiger partial charge in [-0.2, -0.15) is 0 Å². The summed E-state index contributed by atoms with van der Waals surface area (Å²) in [4.78, 5) is 8.40. The molecule has 0 aliphatic carbocycles. The van der Waals surface area contributed by atoms with Gasteiger partial charge in [0.15, 0.2) is 5.13 Å². The van der Waals surface area contributed by atoms with E-state index >= 15 is 0 Å². The number of piperidine rings is 1. The quantitative estimate of drug-likeness (QED) is 0.735. The summed E-state index contributed by atoms with van der Waals surface area (Å²) in [5, 5.41) is 1.19. The number of rotatable bonds is 1. The first-order valence-corrected chi connectivity index (χ1v) is 6.87. The van der Waals surface area contributed by atoms with E-state index in [9.17, 15) is 0 Å². The molecule has 2 heterocycles. The van der Waals surface area contributed by atoms with Gasteiger partial charge in [-0.3, -0.25) is 0 Å². The second kappa shape index (κ2) is 3.73. The van der Waals surface area contributed by atoms with Crippen molar-refractivity contribution in [1.82, 2.24) is 4.98 Å².